The number of rotatable bonds is 17. The molecule has 25 heavy (non-hydrogen) atoms. The molecule has 0 spiro atoms. The fourth-order valence-corrected chi connectivity index (χ4v) is 3.00. The quantitative estimate of drug-likeness (QED) is 0.203. The first-order valence-corrected chi connectivity index (χ1v) is 11.0. The van der Waals surface area contributed by atoms with Gasteiger partial charge in [0.15, 0.2) is 0 Å². The predicted octanol–water partition coefficient (Wildman–Crippen LogP) is 2.69. The highest BCUT2D eigenvalue weighted by atomic mass is 31.2. The van der Waals surface area contributed by atoms with Gasteiger partial charge in [-0.25, -0.2) is 4.57 Å². The summed E-state index contributed by atoms with van der Waals surface area (Å²) in [7, 11) is -0.663. The Morgan fingerprint density at radius 2 is 1.52 bits per heavy atom. The summed E-state index contributed by atoms with van der Waals surface area (Å²) in [6.07, 6.45) is 9.42. The van der Waals surface area contributed by atoms with Crippen molar-refractivity contribution in [1.82, 2.24) is 0 Å². The Morgan fingerprint density at radius 1 is 0.960 bits per heavy atom. The van der Waals surface area contributed by atoms with Gasteiger partial charge < -0.3 is 24.1 Å². The molecule has 8 heteroatoms. The summed E-state index contributed by atoms with van der Waals surface area (Å²) in [5, 5.41) is 10.0. The standard InChI is InChI=1S/C17H38NO6P/c1-4-5-6-7-8-9-10-11-13-23-16-17(19)15-18(2,3)12-14-24-25(20,21)22/h17,19H,4-16H2,1-3H3,(H-,20,21,22)/p+1. The number of ether oxygens (including phenoxy) is 1. The Labute approximate surface area is 153 Å². The number of phosphoric ester groups is 1. The molecule has 0 bridgehead atoms. The number of nitrogens with zero attached hydrogens (tertiary/aromatic N) is 1. The van der Waals surface area contributed by atoms with Gasteiger partial charge in [0.2, 0.25) is 0 Å². The molecule has 0 radical (unpaired) electrons. The van der Waals surface area contributed by atoms with E-state index in [1.807, 2.05) is 14.1 Å². The van der Waals surface area contributed by atoms with Gasteiger partial charge in [-0.15, -0.1) is 0 Å². The smallest absolute Gasteiger partial charge is 0.385 e. The van der Waals surface area contributed by atoms with E-state index in [1.54, 1.807) is 0 Å². The van der Waals surface area contributed by atoms with Gasteiger partial charge in [0.1, 0.15) is 25.8 Å². The average Bonchev–Trinajstić information content (AvgIpc) is 2.47. The molecular weight excluding hydrogens is 345 g/mol. The Balaban J connectivity index is 3.58. The minimum atomic E-state index is -4.42. The molecule has 1 unspecified atom stereocenters. The van der Waals surface area contributed by atoms with E-state index >= 15 is 0 Å². The third-order valence-corrected chi connectivity index (χ3v) is 4.63. The summed E-state index contributed by atoms with van der Waals surface area (Å²) >= 11 is 0. The van der Waals surface area contributed by atoms with Crippen LogP contribution in [0, 0.1) is 0 Å². The molecule has 152 valence electrons. The Bertz CT molecular complexity index is 361. The lowest BCUT2D eigenvalue weighted by atomic mass is 10.1. The molecule has 0 rings (SSSR count). The van der Waals surface area contributed by atoms with E-state index in [4.69, 9.17) is 14.5 Å². The Kier molecular flexibility index (Phi) is 14.1. The predicted molar refractivity (Wildman–Crippen MR) is 99.3 cm³/mol. The Morgan fingerprint density at radius 3 is 2.08 bits per heavy atom. The van der Waals surface area contributed by atoms with Crippen molar-refractivity contribution in [3.05, 3.63) is 0 Å². The van der Waals surface area contributed by atoms with E-state index in [2.05, 4.69) is 11.4 Å². The van der Waals surface area contributed by atoms with E-state index < -0.39 is 13.9 Å². The Hall–Kier alpha value is -0.0100. The van der Waals surface area contributed by atoms with Crippen LogP contribution in [0.1, 0.15) is 58.3 Å². The summed E-state index contributed by atoms with van der Waals surface area (Å²) in [4.78, 5) is 17.3. The fourth-order valence-electron chi connectivity index (χ4n) is 2.68. The minimum absolute atomic E-state index is 0.0525. The molecule has 0 aliphatic rings. The second kappa shape index (κ2) is 14.1. The van der Waals surface area contributed by atoms with Crippen LogP contribution in [0.25, 0.3) is 0 Å². The van der Waals surface area contributed by atoms with Crippen LogP contribution >= 0.6 is 7.82 Å². The van der Waals surface area contributed by atoms with E-state index in [9.17, 15) is 9.67 Å². The molecule has 0 aromatic heterocycles. The number of likely N-dealkylation sites (N-methyl/N-ethyl adjacent to an activating group) is 1. The van der Waals surface area contributed by atoms with E-state index in [0.29, 0.717) is 24.2 Å². The first-order valence-electron chi connectivity index (χ1n) is 9.44. The molecule has 0 saturated heterocycles. The molecule has 0 aromatic rings. The zero-order valence-electron chi connectivity index (χ0n) is 16.2. The van der Waals surface area contributed by atoms with Crippen molar-refractivity contribution in [2.75, 3.05) is 47.0 Å². The van der Waals surface area contributed by atoms with Gasteiger partial charge in [-0.2, -0.15) is 0 Å². The second-order valence-corrected chi connectivity index (χ2v) is 8.61. The number of phosphoric acid groups is 1. The molecule has 3 N–H and O–H groups in total. The van der Waals surface area contributed by atoms with Crippen molar-refractivity contribution in [2.24, 2.45) is 0 Å². The molecule has 1 atom stereocenters. The van der Waals surface area contributed by atoms with Gasteiger partial charge in [0, 0.05) is 6.61 Å². The van der Waals surface area contributed by atoms with Crippen LogP contribution in [0.3, 0.4) is 0 Å². The fraction of sp³-hybridized carbons (Fsp3) is 1.00. The summed E-state index contributed by atoms with van der Waals surface area (Å²) in [5.74, 6) is 0. The van der Waals surface area contributed by atoms with Crippen molar-refractivity contribution >= 4 is 7.82 Å². The lowest BCUT2D eigenvalue weighted by Gasteiger charge is -2.31. The number of hydrogen-bond acceptors (Lipinski definition) is 4. The average molecular weight is 384 g/mol. The summed E-state index contributed by atoms with van der Waals surface area (Å²) < 4.78 is 21.0. The van der Waals surface area contributed by atoms with Crippen molar-refractivity contribution in [1.29, 1.82) is 0 Å². The van der Waals surface area contributed by atoms with Gasteiger partial charge in [-0.05, 0) is 6.42 Å². The monoisotopic (exact) mass is 384 g/mol. The van der Waals surface area contributed by atoms with Gasteiger partial charge in [-0.3, -0.25) is 4.52 Å². The van der Waals surface area contributed by atoms with E-state index in [-0.39, 0.29) is 13.2 Å². The second-order valence-electron chi connectivity index (χ2n) is 7.37. The van der Waals surface area contributed by atoms with Gasteiger partial charge >= 0.3 is 7.82 Å². The first-order chi connectivity index (χ1) is 11.7. The molecule has 0 saturated carbocycles. The largest absolute Gasteiger partial charge is 0.469 e. The van der Waals surface area contributed by atoms with Gasteiger partial charge in [0.25, 0.3) is 0 Å². The van der Waals surface area contributed by atoms with Crippen molar-refractivity contribution in [3.8, 4) is 0 Å². The number of quaternary nitrogens is 1. The van der Waals surface area contributed by atoms with Crippen LogP contribution in [-0.4, -0.2) is 72.5 Å². The van der Waals surface area contributed by atoms with Crippen LogP contribution in [0.15, 0.2) is 0 Å². The lowest BCUT2D eigenvalue weighted by molar-refractivity contribution is -0.893. The zero-order valence-corrected chi connectivity index (χ0v) is 17.1. The van der Waals surface area contributed by atoms with Gasteiger partial charge in [-0.1, -0.05) is 51.9 Å². The van der Waals surface area contributed by atoms with E-state index in [1.165, 1.54) is 44.9 Å². The maximum absolute atomic E-state index is 10.7. The molecule has 7 nitrogen and oxygen atoms in total. The number of unbranched alkanes of at least 4 members (excludes halogenated alkanes) is 7. The van der Waals surface area contributed by atoms with Crippen LogP contribution in [-0.2, 0) is 13.8 Å². The topological polar surface area (TPSA) is 96.2 Å². The van der Waals surface area contributed by atoms with Crippen LogP contribution in [0.2, 0.25) is 0 Å². The van der Waals surface area contributed by atoms with E-state index in [0.717, 1.165) is 6.42 Å². The number of hydrogen-bond donors (Lipinski definition) is 3. The highest BCUT2D eigenvalue weighted by Gasteiger charge is 2.23. The van der Waals surface area contributed by atoms with Gasteiger partial charge in [0.05, 0.1) is 20.7 Å². The number of aliphatic hydroxyl groups excluding tert-OH is 1. The minimum Gasteiger partial charge on any atom is -0.385 e. The summed E-state index contributed by atoms with van der Waals surface area (Å²) in [6, 6.07) is 0. The third kappa shape index (κ3) is 18.6. The molecular formula is C17H39NO6P+. The maximum atomic E-state index is 10.7. The van der Waals surface area contributed by atoms with Crippen LogP contribution < -0.4 is 0 Å². The normalized spacial score (nSPS) is 14.0. The highest BCUT2D eigenvalue weighted by Crippen LogP contribution is 2.35. The third-order valence-electron chi connectivity index (χ3n) is 4.11. The zero-order chi connectivity index (χ0) is 19.2. The highest BCUT2D eigenvalue weighted by molar-refractivity contribution is 7.46. The number of aliphatic hydroxyl groups is 1. The maximum Gasteiger partial charge on any atom is 0.469 e. The van der Waals surface area contributed by atoms with Crippen molar-refractivity contribution in [2.45, 2.75) is 64.4 Å². The SMILES string of the molecule is CCCCCCCCCCOCC(O)C[N+](C)(C)CCOP(=O)(O)O. The molecule has 0 fully saturated rings. The lowest BCUT2D eigenvalue weighted by Crippen LogP contribution is -2.48. The van der Waals surface area contributed by atoms with Crippen molar-refractivity contribution < 1.29 is 33.2 Å². The summed E-state index contributed by atoms with van der Waals surface area (Å²) in [6.45, 7) is 3.98. The van der Waals surface area contributed by atoms with Crippen LogP contribution in [0.4, 0.5) is 0 Å². The van der Waals surface area contributed by atoms with Crippen molar-refractivity contribution in [3.63, 3.8) is 0 Å². The molecule has 0 aliphatic carbocycles. The summed E-state index contributed by atoms with van der Waals surface area (Å²) in [5.41, 5.74) is 0. The van der Waals surface area contributed by atoms with Crippen LogP contribution in [0.5, 0.6) is 0 Å². The molecule has 0 aromatic carbocycles. The molecule has 0 amide bonds. The molecule has 0 aliphatic heterocycles. The first kappa shape index (κ1) is 25.0. The molecule has 0 heterocycles.